The summed E-state index contributed by atoms with van der Waals surface area (Å²) in [6.45, 7) is 4.01. The predicted molar refractivity (Wildman–Crippen MR) is 63.3 cm³/mol. The van der Waals surface area contributed by atoms with Crippen molar-refractivity contribution in [3.05, 3.63) is 12.7 Å². The number of esters is 1. The van der Waals surface area contributed by atoms with Crippen LogP contribution < -0.4 is 0 Å². The van der Waals surface area contributed by atoms with Gasteiger partial charge in [0.15, 0.2) is 0 Å². The highest BCUT2D eigenvalue weighted by Gasteiger charge is 2.41. The van der Waals surface area contributed by atoms with Gasteiger partial charge in [-0.2, -0.15) is 35.1 Å². The SMILES string of the molecule is C=CCC(F)(F)C(=O)OF.CCOC(=O)C(F)(F)F.O=C(O)C(F)(F)F. The van der Waals surface area contributed by atoms with Gasteiger partial charge in [-0.15, -0.1) is 6.58 Å². The number of carbonyl (C=O) groups is 3. The van der Waals surface area contributed by atoms with Crippen LogP contribution in [-0.2, 0) is 24.1 Å². The Morgan fingerprint density at radius 2 is 1.35 bits per heavy atom. The minimum absolute atomic E-state index is 0.252. The fourth-order valence-electron chi connectivity index (χ4n) is 0.534. The van der Waals surface area contributed by atoms with Gasteiger partial charge in [-0.05, 0) is 6.92 Å². The number of ether oxygens (including phenoxy) is 1. The zero-order chi connectivity index (χ0) is 21.8. The monoisotopic (exact) mass is 410 g/mol. The molecule has 0 aliphatic rings. The molecule has 0 saturated carbocycles. The number of hydrogen-bond acceptors (Lipinski definition) is 5. The Hall–Kier alpha value is -2.48. The lowest BCUT2D eigenvalue weighted by Crippen LogP contribution is -2.27. The van der Waals surface area contributed by atoms with E-state index in [1.165, 1.54) is 6.92 Å². The molecule has 0 bridgehead atoms. The topological polar surface area (TPSA) is 89.9 Å². The number of aliphatic carboxylic acids is 1. The summed E-state index contributed by atoms with van der Waals surface area (Å²) in [7, 11) is 0. The highest BCUT2D eigenvalue weighted by Crippen LogP contribution is 2.20. The molecule has 0 spiro atoms. The molecule has 0 aromatic rings. The molecule has 0 heterocycles. The van der Waals surface area contributed by atoms with E-state index in [0.717, 1.165) is 6.08 Å². The number of carboxylic acid groups (broad SMARTS) is 1. The van der Waals surface area contributed by atoms with E-state index < -0.39 is 42.6 Å². The fraction of sp³-hybridized carbons (Fsp3) is 0.545. The van der Waals surface area contributed by atoms with Crippen molar-refractivity contribution in [1.29, 1.82) is 0 Å². The lowest BCUT2D eigenvalue weighted by Gasteiger charge is -2.06. The molecule has 0 saturated heterocycles. The zero-order valence-corrected chi connectivity index (χ0v) is 12.6. The molecule has 0 unspecified atom stereocenters. The van der Waals surface area contributed by atoms with Crippen molar-refractivity contribution in [1.82, 2.24) is 0 Å². The van der Waals surface area contributed by atoms with Crippen molar-refractivity contribution in [2.75, 3.05) is 6.61 Å². The van der Waals surface area contributed by atoms with Crippen LogP contribution in [0.15, 0.2) is 12.7 Å². The van der Waals surface area contributed by atoms with Gasteiger partial charge < -0.3 is 9.84 Å². The van der Waals surface area contributed by atoms with Crippen LogP contribution in [0.5, 0.6) is 0 Å². The first-order chi connectivity index (χ1) is 11.5. The van der Waals surface area contributed by atoms with Gasteiger partial charge in [-0.25, -0.2) is 19.3 Å². The summed E-state index contributed by atoms with van der Waals surface area (Å²) in [5.41, 5.74) is 0. The molecule has 0 aromatic carbocycles. The Labute approximate surface area is 139 Å². The summed E-state index contributed by atoms with van der Waals surface area (Å²) in [6, 6.07) is 0. The quantitative estimate of drug-likeness (QED) is 0.434. The van der Waals surface area contributed by atoms with Crippen molar-refractivity contribution in [3.8, 4) is 0 Å². The largest absolute Gasteiger partial charge is 0.490 e. The molecule has 0 aliphatic carbocycles. The average molecular weight is 410 g/mol. The standard InChI is InChI=1S/C5H5F3O2.C4H5F3O2.C2HF3O2/c1-2-3-5(6,7)4(9)10-8;1-2-9-3(8)4(5,6)7;3-2(4,5)1(6)7/h2H,1,3H2;2H2,1H3;(H,6,7). The first-order valence-corrected chi connectivity index (χ1v) is 5.83. The van der Waals surface area contributed by atoms with Crippen LogP contribution in [0.1, 0.15) is 13.3 Å². The van der Waals surface area contributed by atoms with E-state index in [1.807, 2.05) is 0 Å². The predicted octanol–water partition coefficient (Wildman–Crippen LogP) is 3.37. The zero-order valence-electron chi connectivity index (χ0n) is 12.6. The van der Waals surface area contributed by atoms with Crippen LogP contribution in [0, 0.1) is 0 Å². The molecule has 0 aromatic heterocycles. The maximum atomic E-state index is 12.0. The Kier molecular flexibility index (Phi) is 13.0. The maximum Gasteiger partial charge on any atom is 0.490 e. The molecule has 154 valence electrons. The van der Waals surface area contributed by atoms with Crippen molar-refractivity contribution in [3.63, 3.8) is 0 Å². The third kappa shape index (κ3) is 15.1. The van der Waals surface area contributed by atoms with E-state index in [-0.39, 0.29) is 6.61 Å². The molecule has 0 amide bonds. The number of halogens is 9. The number of allylic oxidation sites excluding steroid dienone is 1. The molecule has 26 heavy (non-hydrogen) atoms. The molecule has 0 rings (SSSR count). The van der Waals surface area contributed by atoms with Crippen molar-refractivity contribution >= 4 is 17.9 Å². The van der Waals surface area contributed by atoms with E-state index in [2.05, 4.69) is 16.3 Å². The number of carbonyl (C=O) groups excluding carboxylic acids is 2. The fourth-order valence-corrected chi connectivity index (χ4v) is 0.534. The van der Waals surface area contributed by atoms with E-state index in [0.29, 0.717) is 0 Å². The highest BCUT2D eigenvalue weighted by molar-refractivity contribution is 5.77. The van der Waals surface area contributed by atoms with Crippen molar-refractivity contribution in [2.45, 2.75) is 31.6 Å². The molecule has 0 fully saturated rings. The lowest BCUT2D eigenvalue weighted by atomic mass is 10.2. The average Bonchev–Trinajstić information content (AvgIpc) is 2.45. The summed E-state index contributed by atoms with van der Waals surface area (Å²) in [5.74, 6) is -10.9. The normalized spacial score (nSPS) is 11.0. The van der Waals surface area contributed by atoms with Gasteiger partial charge in [-0.3, -0.25) is 0 Å². The second-order valence-corrected chi connectivity index (χ2v) is 3.58. The molecule has 0 radical (unpaired) electrons. The van der Waals surface area contributed by atoms with Gasteiger partial charge >= 0.3 is 36.2 Å². The molecule has 0 atom stereocenters. The number of alkyl halides is 8. The minimum atomic E-state index is -5.08. The molecule has 1 N–H and O–H groups in total. The second-order valence-electron chi connectivity index (χ2n) is 3.58. The van der Waals surface area contributed by atoms with Crippen LogP contribution in [0.4, 0.5) is 39.6 Å². The van der Waals surface area contributed by atoms with Crippen LogP contribution >= 0.6 is 0 Å². The van der Waals surface area contributed by atoms with E-state index in [9.17, 15) is 49.2 Å². The van der Waals surface area contributed by atoms with Crippen LogP contribution in [0.25, 0.3) is 0 Å². The summed E-state index contributed by atoms with van der Waals surface area (Å²) in [4.78, 5) is 30.8. The van der Waals surface area contributed by atoms with Crippen molar-refractivity contribution in [2.24, 2.45) is 0 Å². The Morgan fingerprint density at radius 3 is 1.50 bits per heavy atom. The van der Waals surface area contributed by atoms with Crippen LogP contribution in [-0.4, -0.2) is 47.9 Å². The molecular weight excluding hydrogens is 399 g/mol. The number of hydrogen-bond donors (Lipinski definition) is 1. The first-order valence-electron chi connectivity index (χ1n) is 5.83. The van der Waals surface area contributed by atoms with Crippen molar-refractivity contribution < 1.29 is 68.8 Å². The first kappa shape index (κ1) is 28.3. The number of rotatable bonds is 4. The van der Waals surface area contributed by atoms with Gasteiger partial charge in [0.25, 0.3) is 0 Å². The minimum Gasteiger partial charge on any atom is -0.475 e. The Balaban J connectivity index is -0.000000310. The number of carboxylic acids is 1. The summed E-state index contributed by atoms with van der Waals surface area (Å²) in [5, 5.41) is 7.12. The second kappa shape index (κ2) is 12.0. The molecule has 6 nitrogen and oxygen atoms in total. The Bertz CT molecular complexity index is 470. The van der Waals surface area contributed by atoms with Gasteiger partial charge in [0.1, 0.15) is 0 Å². The van der Waals surface area contributed by atoms with Crippen LogP contribution in [0.3, 0.4) is 0 Å². The third-order valence-electron chi connectivity index (χ3n) is 1.52. The lowest BCUT2D eigenvalue weighted by molar-refractivity contribution is -0.211. The summed E-state index contributed by atoms with van der Waals surface area (Å²) >= 11 is 0. The highest BCUT2D eigenvalue weighted by atomic mass is 19.4. The van der Waals surface area contributed by atoms with E-state index in [4.69, 9.17) is 9.90 Å². The van der Waals surface area contributed by atoms with E-state index in [1.54, 1.807) is 0 Å². The molecule has 0 aliphatic heterocycles. The van der Waals surface area contributed by atoms with Crippen LogP contribution in [0.2, 0.25) is 0 Å². The summed E-state index contributed by atoms with van der Waals surface area (Å²) < 4.78 is 104. The Morgan fingerprint density at radius 1 is 0.962 bits per heavy atom. The van der Waals surface area contributed by atoms with Gasteiger partial charge in [0.05, 0.1) is 6.61 Å². The van der Waals surface area contributed by atoms with Gasteiger partial charge in [-0.1, -0.05) is 6.08 Å². The van der Waals surface area contributed by atoms with Gasteiger partial charge in [0.2, 0.25) is 0 Å². The molecular formula is C11H11F9O6. The third-order valence-corrected chi connectivity index (χ3v) is 1.52. The maximum absolute atomic E-state index is 12.0. The smallest absolute Gasteiger partial charge is 0.475 e. The summed E-state index contributed by atoms with van der Waals surface area (Å²) in [6.07, 6.45) is -10.1. The molecule has 15 heteroatoms. The van der Waals surface area contributed by atoms with E-state index >= 15 is 0 Å². The van der Waals surface area contributed by atoms with Gasteiger partial charge in [0, 0.05) is 10.9 Å².